The number of nitrogens with zero attached hydrogens (tertiary/aromatic N) is 3. The topological polar surface area (TPSA) is 39.9 Å². The van der Waals surface area contributed by atoms with Crippen LogP contribution in [-0.2, 0) is 0 Å². The SMILES string of the molecule is COc1c2ccc3ncccc3c2nn1-c1ccc(Br)cc1. The van der Waals surface area contributed by atoms with E-state index < -0.39 is 0 Å². The summed E-state index contributed by atoms with van der Waals surface area (Å²) in [5, 5.41) is 6.75. The molecular formula is C17H12BrN3O. The minimum absolute atomic E-state index is 0.725. The van der Waals surface area contributed by atoms with Crippen LogP contribution in [0.1, 0.15) is 0 Å². The van der Waals surface area contributed by atoms with Crippen molar-refractivity contribution in [2.75, 3.05) is 7.11 Å². The molecule has 4 nitrogen and oxygen atoms in total. The molecule has 2 aromatic carbocycles. The Bertz CT molecular complexity index is 976. The van der Waals surface area contributed by atoms with Gasteiger partial charge in [0.2, 0.25) is 5.88 Å². The fraction of sp³-hybridized carbons (Fsp3) is 0.0588. The van der Waals surface area contributed by atoms with Crippen molar-refractivity contribution in [3.8, 4) is 11.6 Å². The molecule has 0 atom stereocenters. The van der Waals surface area contributed by atoms with Crippen molar-refractivity contribution in [3.63, 3.8) is 0 Å². The van der Waals surface area contributed by atoms with E-state index in [9.17, 15) is 0 Å². The van der Waals surface area contributed by atoms with Gasteiger partial charge in [-0.2, -0.15) is 9.78 Å². The van der Waals surface area contributed by atoms with E-state index in [4.69, 9.17) is 9.84 Å². The Hall–Kier alpha value is -2.40. The Labute approximate surface area is 135 Å². The molecule has 0 saturated carbocycles. The summed E-state index contributed by atoms with van der Waals surface area (Å²) in [6.45, 7) is 0. The zero-order chi connectivity index (χ0) is 15.1. The Morgan fingerprint density at radius 3 is 2.59 bits per heavy atom. The zero-order valence-electron chi connectivity index (χ0n) is 11.8. The Morgan fingerprint density at radius 1 is 1.00 bits per heavy atom. The van der Waals surface area contributed by atoms with E-state index in [1.54, 1.807) is 13.3 Å². The van der Waals surface area contributed by atoms with Gasteiger partial charge in [0.25, 0.3) is 0 Å². The van der Waals surface area contributed by atoms with Crippen LogP contribution in [0.15, 0.2) is 59.2 Å². The van der Waals surface area contributed by atoms with E-state index in [2.05, 4.69) is 20.9 Å². The van der Waals surface area contributed by atoms with Gasteiger partial charge in [0.05, 0.1) is 23.7 Å². The number of rotatable bonds is 2. The highest BCUT2D eigenvalue weighted by atomic mass is 79.9. The standard InChI is InChI=1S/C17H12BrN3O/c1-22-17-14-8-9-15-13(3-2-10-19-15)16(14)20-21(17)12-6-4-11(18)5-7-12/h2-10H,1H3. The largest absolute Gasteiger partial charge is 0.480 e. The molecule has 2 aromatic heterocycles. The summed E-state index contributed by atoms with van der Waals surface area (Å²) in [6.07, 6.45) is 1.79. The molecule has 0 fully saturated rings. The van der Waals surface area contributed by atoms with Gasteiger partial charge in [-0.25, -0.2) is 0 Å². The third-order valence-corrected chi connectivity index (χ3v) is 4.17. The summed E-state index contributed by atoms with van der Waals surface area (Å²) in [7, 11) is 1.67. The number of benzene rings is 2. The molecule has 108 valence electrons. The molecule has 0 amide bonds. The lowest BCUT2D eigenvalue weighted by atomic mass is 10.1. The second-order valence-electron chi connectivity index (χ2n) is 4.93. The van der Waals surface area contributed by atoms with Crippen LogP contribution >= 0.6 is 15.9 Å². The lowest BCUT2D eigenvalue weighted by molar-refractivity contribution is 0.388. The van der Waals surface area contributed by atoms with E-state index in [1.807, 2.05) is 53.2 Å². The molecule has 0 spiro atoms. The summed E-state index contributed by atoms with van der Waals surface area (Å²) >= 11 is 3.45. The maximum Gasteiger partial charge on any atom is 0.224 e. The molecular weight excluding hydrogens is 342 g/mol. The number of hydrogen-bond acceptors (Lipinski definition) is 3. The zero-order valence-corrected chi connectivity index (χ0v) is 13.4. The van der Waals surface area contributed by atoms with E-state index in [0.29, 0.717) is 0 Å². The van der Waals surface area contributed by atoms with Gasteiger partial charge in [-0.15, -0.1) is 0 Å². The van der Waals surface area contributed by atoms with Crippen molar-refractivity contribution in [2.45, 2.75) is 0 Å². The fourth-order valence-corrected chi connectivity index (χ4v) is 2.89. The predicted octanol–water partition coefficient (Wildman–Crippen LogP) is 4.34. The number of pyridine rings is 1. The quantitative estimate of drug-likeness (QED) is 0.538. The first kappa shape index (κ1) is 13.3. The number of aromatic nitrogens is 3. The molecule has 0 N–H and O–H groups in total. The maximum absolute atomic E-state index is 5.60. The van der Waals surface area contributed by atoms with Crippen LogP contribution in [-0.4, -0.2) is 21.9 Å². The number of hydrogen-bond donors (Lipinski definition) is 0. The molecule has 0 aliphatic rings. The fourth-order valence-electron chi connectivity index (χ4n) is 2.63. The van der Waals surface area contributed by atoms with Crippen molar-refractivity contribution in [1.82, 2.24) is 14.8 Å². The number of halogens is 1. The summed E-state index contributed by atoms with van der Waals surface area (Å²) in [5.74, 6) is 0.725. The Balaban J connectivity index is 2.06. The molecule has 4 aromatic rings. The van der Waals surface area contributed by atoms with Crippen LogP contribution in [0.25, 0.3) is 27.5 Å². The summed E-state index contributed by atoms with van der Waals surface area (Å²) in [5.41, 5.74) is 2.77. The molecule has 0 unspecified atom stereocenters. The molecule has 4 rings (SSSR count). The van der Waals surface area contributed by atoms with Gasteiger partial charge in [-0.05, 0) is 48.5 Å². The first-order valence-corrected chi connectivity index (χ1v) is 7.63. The molecule has 0 aliphatic carbocycles. The molecule has 0 saturated heterocycles. The second kappa shape index (κ2) is 5.10. The van der Waals surface area contributed by atoms with Crippen molar-refractivity contribution in [1.29, 1.82) is 0 Å². The number of methoxy groups -OCH3 is 1. The lowest BCUT2D eigenvalue weighted by Crippen LogP contribution is -1.99. The van der Waals surface area contributed by atoms with Gasteiger partial charge >= 0.3 is 0 Å². The molecule has 0 radical (unpaired) electrons. The maximum atomic E-state index is 5.60. The van der Waals surface area contributed by atoms with Crippen molar-refractivity contribution >= 4 is 37.7 Å². The van der Waals surface area contributed by atoms with Crippen LogP contribution in [0.3, 0.4) is 0 Å². The van der Waals surface area contributed by atoms with Gasteiger partial charge < -0.3 is 4.74 Å². The number of fused-ring (bicyclic) bond motifs is 3. The van der Waals surface area contributed by atoms with Gasteiger partial charge in [0.1, 0.15) is 5.52 Å². The molecule has 0 bridgehead atoms. The van der Waals surface area contributed by atoms with Crippen LogP contribution in [0.5, 0.6) is 5.88 Å². The van der Waals surface area contributed by atoms with Gasteiger partial charge in [-0.3, -0.25) is 4.98 Å². The molecule has 5 heteroatoms. The summed E-state index contributed by atoms with van der Waals surface area (Å²) < 4.78 is 8.45. The first-order chi connectivity index (χ1) is 10.8. The van der Waals surface area contributed by atoms with Crippen molar-refractivity contribution in [2.24, 2.45) is 0 Å². The highest BCUT2D eigenvalue weighted by molar-refractivity contribution is 9.10. The smallest absolute Gasteiger partial charge is 0.224 e. The van der Waals surface area contributed by atoms with Crippen molar-refractivity contribution < 1.29 is 4.74 Å². The third kappa shape index (κ3) is 1.97. The highest BCUT2D eigenvalue weighted by Crippen LogP contribution is 2.32. The van der Waals surface area contributed by atoms with Crippen LogP contribution in [0, 0.1) is 0 Å². The predicted molar refractivity (Wildman–Crippen MR) is 90.6 cm³/mol. The van der Waals surface area contributed by atoms with Gasteiger partial charge in [0.15, 0.2) is 0 Å². The average molecular weight is 354 g/mol. The van der Waals surface area contributed by atoms with Crippen molar-refractivity contribution in [3.05, 3.63) is 59.2 Å². The first-order valence-electron chi connectivity index (χ1n) is 6.84. The summed E-state index contributed by atoms with van der Waals surface area (Å²) in [4.78, 5) is 4.38. The minimum atomic E-state index is 0.725. The van der Waals surface area contributed by atoms with Gasteiger partial charge in [0, 0.05) is 16.1 Å². The lowest BCUT2D eigenvalue weighted by Gasteiger charge is -2.06. The van der Waals surface area contributed by atoms with E-state index in [-0.39, 0.29) is 0 Å². The summed E-state index contributed by atoms with van der Waals surface area (Å²) in [6, 6.07) is 15.9. The Kier molecular flexibility index (Phi) is 3.08. The highest BCUT2D eigenvalue weighted by Gasteiger charge is 2.15. The van der Waals surface area contributed by atoms with E-state index >= 15 is 0 Å². The minimum Gasteiger partial charge on any atom is -0.480 e. The Morgan fingerprint density at radius 2 is 1.82 bits per heavy atom. The van der Waals surface area contributed by atoms with E-state index in [1.165, 1.54) is 0 Å². The molecule has 0 aliphatic heterocycles. The average Bonchev–Trinajstić information content (AvgIpc) is 2.94. The van der Waals surface area contributed by atoms with Crippen LogP contribution in [0.2, 0.25) is 0 Å². The van der Waals surface area contributed by atoms with Crippen LogP contribution < -0.4 is 4.74 Å². The molecule has 22 heavy (non-hydrogen) atoms. The van der Waals surface area contributed by atoms with E-state index in [0.717, 1.165) is 37.8 Å². The normalized spacial score (nSPS) is 11.2. The molecule has 2 heterocycles. The number of ether oxygens (including phenoxy) is 1. The van der Waals surface area contributed by atoms with Crippen LogP contribution in [0.4, 0.5) is 0 Å². The second-order valence-corrected chi connectivity index (χ2v) is 5.84. The third-order valence-electron chi connectivity index (χ3n) is 3.64. The van der Waals surface area contributed by atoms with Gasteiger partial charge in [-0.1, -0.05) is 15.9 Å². The monoisotopic (exact) mass is 353 g/mol.